The topological polar surface area (TPSA) is 71.3 Å². The Morgan fingerprint density at radius 2 is 2.19 bits per heavy atom. The molecule has 6 nitrogen and oxygen atoms in total. The van der Waals surface area contributed by atoms with E-state index in [1.165, 1.54) is 0 Å². The Balaban J connectivity index is 1.74. The van der Waals surface area contributed by atoms with E-state index < -0.39 is 0 Å². The molecule has 0 saturated carbocycles. The molecule has 3 heterocycles. The third kappa shape index (κ3) is 3.21. The molecular weight excluding hydrogens is 268 g/mol. The monoisotopic (exact) mass is 286 g/mol. The van der Waals surface area contributed by atoms with E-state index >= 15 is 0 Å². The maximum absolute atomic E-state index is 12.4. The number of nitrogens with zero attached hydrogens (tertiary/aromatic N) is 3. The molecule has 0 spiro atoms. The molecule has 0 atom stereocenters. The van der Waals surface area contributed by atoms with Gasteiger partial charge in [0, 0.05) is 18.8 Å². The summed E-state index contributed by atoms with van der Waals surface area (Å²) < 4.78 is 5.25. The van der Waals surface area contributed by atoms with Crippen molar-refractivity contribution in [2.24, 2.45) is 0 Å². The van der Waals surface area contributed by atoms with Crippen LogP contribution in [0.3, 0.4) is 0 Å². The average molecular weight is 286 g/mol. The van der Waals surface area contributed by atoms with Gasteiger partial charge in [0.2, 0.25) is 5.95 Å². The number of hydrogen-bond acceptors (Lipinski definition) is 5. The summed E-state index contributed by atoms with van der Waals surface area (Å²) >= 11 is 0. The fourth-order valence-electron chi connectivity index (χ4n) is 2.42. The predicted octanol–water partition coefficient (Wildman–Crippen LogP) is 2.23. The molecule has 0 aromatic carbocycles. The number of amides is 1. The summed E-state index contributed by atoms with van der Waals surface area (Å²) in [5.74, 6) is 1.24. The highest BCUT2D eigenvalue weighted by atomic mass is 16.3. The van der Waals surface area contributed by atoms with Gasteiger partial charge >= 0.3 is 0 Å². The molecule has 110 valence electrons. The molecular formula is C15H18N4O2. The molecule has 1 fully saturated rings. The van der Waals surface area contributed by atoms with Crippen LogP contribution < -0.4 is 5.32 Å². The third-order valence-corrected chi connectivity index (χ3v) is 3.47. The van der Waals surface area contributed by atoms with Gasteiger partial charge in [0.1, 0.15) is 11.5 Å². The van der Waals surface area contributed by atoms with E-state index in [0.29, 0.717) is 18.2 Å². The van der Waals surface area contributed by atoms with Gasteiger partial charge in [0.05, 0.1) is 12.8 Å². The first-order valence-electron chi connectivity index (χ1n) is 7.13. The van der Waals surface area contributed by atoms with Gasteiger partial charge < -0.3 is 14.6 Å². The van der Waals surface area contributed by atoms with Gasteiger partial charge in [-0.05, 0) is 38.0 Å². The van der Waals surface area contributed by atoms with Gasteiger partial charge in [0.15, 0.2) is 0 Å². The van der Waals surface area contributed by atoms with Crippen LogP contribution in [0.2, 0.25) is 0 Å². The van der Waals surface area contributed by atoms with Gasteiger partial charge in [-0.1, -0.05) is 0 Å². The van der Waals surface area contributed by atoms with Crippen molar-refractivity contribution in [1.82, 2.24) is 14.9 Å². The molecule has 2 aromatic heterocycles. The molecule has 0 bridgehead atoms. The Morgan fingerprint density at radius 3 is 2.90 bits per heavy atom. The van der Waals surface area contributed by atoms with E-state index in [4.69, 9.17) is 4.42 Å². The summed E-state index contributed by atoms with van der Waals surface area (Å²) in [7, 11) is 0. The van der Waals surface area contributed by atoms with Gasteiger partial charge in [-0.15, -0.1) is 0 Å². The summed E-state index contributed by atoms with van der Waals surface area (Å²) in [5, 5.41) is 3.09. The summed E-state index contributed by atoms with van der Waals surface area (Å²) in [5.41, 5.74) is 1.22. The number of furan rings is 1. The van der Waals surface area contributed by atoms with Gasteiger partial charge in [-0.3, -0.25) is 4.79 Å². The number of carbonyl (C=O) groups is 1. The van der Waals surface area contributed by atoms with Crippen LogP contribution in [0.25, 0.3) is 0 Å². The molecule has 1 aliphatic heterocycles. The summed E-state index contributed by atoms with van der Waals surface area (Å²) in [6.07, 6.45) is 3.76. The first-order chi connectivity index (χ1) is 10.2. The van der Waals surface area contributed by atoms with Crippen molar-refractivity contribution in [3.63, 3.8) is 0 Å². The standard InChI is InChI=1S/C15H18N4O2/c1-11-9-13(14(20)19-6-2-3-7-19)18-15(17-11)16-10-12-5-4-8-21-12/h4-5,8-9H,2-3,6-7,10H2,1H3,(H,16,17,18). The van der Waals surface area contributed by atoms with Crippen LogP contribution >= 0.6 is 0 Å². The second-order valence-corrected chi connectivity index (χ2v) is 5.15. The lowest BCUT2D eigenvalue weighted by molar-refractivity contribution is 0.0787. The summed E-state index contributed by atoms with van der Waals surface area (Å²) in [6, 6.07) is 5.44. The van der Waals surface area contributed by atoms with Crippen LogP contribution in [0.15, 0.2) is 28.9 Å². The van der Waals surface area contributed by atoms with Crippen LogP contribution in [0.4, 0.5) is 5.95 Å². The molecule has 1 aliphatic rings. The zero-order valence-electron chi connectivity index (χ0n) is 12.0. The van der Waals surface area contributed by atoms with Crippen molar-refractivity contribution in [3.8, 4) is 0 Å². The first kappa shape index (κ1) is 13.6. The highest BCUT2D eigenvalue weighted by Gasteiger charge is 2.21. The number of rotatable bonds is 4. The van der Waals surface area contributed by atoms with E-state index in [1.54, 1.807) is 12.3 Å². The van der Waals surface area contributed by atoms with Gasteiger partial charge in [-0.2, -0.15) is 0 Å². The number of nitrogens with one attached hydrogen (secondary N) is 1. The fourth-order valence-corrected chi connectivity index (χ4v) is 2.42. The second kappa shape index (κ2) is 5.95. The number of anilines is 1. The highest BCUT2D eigenvalue weighted by Crippen LogP contribution is 2.14. The van der Waals surface area contributed by atoms with Crippen molar-refractivity contribution in [3.05, 3.63) is 41.6 Å². The summed E-state index contributed by atoms with van der Waals surface area (Å²) in [6.45, 7) is 3.99. The third-order valence-electron chi connectivity index (χ3n) is 3.47. The van der Waals surface area contributed by atoms with Crippen molar-refractivity contribution in [1.29, 1.82) is 0 Å². The summed E-state index contributed by atoms with van der Waals surface area (Å²) in [4.78, 5) is 22.8. The zero-order valence-corrected chi connectivity index (χ0v) is 12.0. The second-order valence-electron chi connectivity index (χ2n) is 5.15. The number of aryl methyl sites for hydroxylation is 1. The lowest BCUT2D eigenvalue weighted by Gasteiger charge is -2.15. The molecule has 1 amide bonds. The number of aromatic nitrogens is 2. The Morgan fingerprint density at radius 1 is 1.38 bits per heavy atom. The minimum absolute atomic E-state index is 0.0148. The fraction of sp³-hybridized carbons (Fsp3) is 0.400. The van der Waals surface area contributed by atoms with E-state index in [-0.39, 0.29) is 5.91 Å². The molecule has 0 radical (unpaired) electrons. The SMILES string of the molecule is Cc1cc(C(=O)N2CCCC2)nc(NCc2ccco2)n1. The van der Waals surface area contributed by atoms with E-state index in [0.717, 1.165) is 37.4 Å². The molecule has 0 unspecified atom stereocenters. The van der Waals surface area contributed by atoms with Crippen molar-refractivity contribution in [2.75, 3.05) is 18.4 Å². The number of carbonyl (C=O) groups excluding carboxylic acids is 1. The van der Waals surface area contributed by atoms with E-state index in [9.17, 15) is 4.79 Å². The molecule has 0 aliphatic carbocycles. The molecule has 21 heavy (non-hydrogen) atoms. The van der Waals surface area contributed by atoms with Crippen LogP contribution in [-0.4, -0.2) is 33.9 Å². The lowest BCUT2D eigenvalue weighted by atomic mass is 10.3. The molecule has 6 heteroatoms. The maximum Gasteiger partial charge on any atom is 0.272 e. The zero-order chi connectivity index (χ0) is 14.7. The normalized spacial score (nSPS) is 14.4. The molecule has 1 saturated heterocycles. The van der Waals surface area contributed by atoms with E-state index in [1.807, 2.05) is 24.0 Å². The number of hydrogen-bond donors (Lipinski definition) is 1. The Kier molecular flexibility index (Phi) is 3.85. The Labute approximate surface area is 123 Å². The maximum atomic E-state index is 12.4. The van der Waals surface area contributed by atoms with Gasteiger partial charge in [0.25, 0.3) is 5.91 Å². The quantitative estimate of drug-likeness (QED) is 0.933. The first-order valence-corrected chi connectivity index (χ1v) is 7.13. The molecule has 3 rings (SSSR count). The minimum atomic E-state index is -0.0148. The molecule has 1 N–H and O–H groups in total. The highest BCUT2D eigenvalue weighted by molar-refractivity contribution is 5.92. The smallest absolute Gasteiger partial charge is 0.272 e. The van der Waals surface area contributed by atoms with Crippen LogP contribution in [0.1, 0.15) is 34.8 Å². The predicted molar refractivity (Wildman–Crippen MR) is 77.9 cm³/mol. The van der Waals surface area contributed by atoms with Crippen molar-refractivity contribution in [2.45, 2.75) is 26.3 Å². The van der Waals surface area contributed by atoms with Crippen LogP contribution in [0.5, 0.6) is 0 Å². The van der Waals surface area contributed by atoms with Crippen LogP contribution in [0, 0.1) is 6.92 Å². The lowest BCUT2D eigenvalue weighted by Crippen LogP contribution is -2.28. The number of likely N-dealkylation sites (tertiary alicyclic amines) is 1. The largest absolute Gasteiger partial charge is 0.467 e. The Hall–Kier alpha value is -2.37. The Bertz CT molecular complexity index is 619. The van der Waals surface area contributed by atoms with E-state index in [2.05, 4.69) is 15.3 Å². The van der Waals surface area contributed by atoms with Crippen LogP contribution in [-0.2, 0) is 6.54 Å². The van der Waals surface area contributed by atoms with Gasteiger partial charge in [-0.25, -0.2) is 9.97 Å². The van der Waals surface area contributed by atoms with Crippen molar-refractivity contribution >= 4 is 11.9 Å². The minimum Gasteiger partial charge on any atom is -0.467 e. The average Bonchev–Trinajstić information content (AvgIpc) is 3.17. The van der Waals surface area contributed by atoms with Crippen molar-refractivity contribution < 1.29 is 9.21 Å². The molecule has 2 aromatic rings.